The molecule has 168 valence electrons. The van der Waals surface area contributed by atoms with Crippen LogP contribution in [0.4, 0.5) is 13.2 Å². The Morgan fingerprint density at radius 2 is 1.69 bits per heavy atom. The molecule has 0 fully saturated rings. The number of H-pyrrole nitrogens is 1. The number of benzene rings is 2. The molecule has 4 rings (SSSR count). The first kappa shape index (κ1) is 23.0. The van der Waals surface area contributed by atoms with Crippen LogP contribution in [0.15, 0.2) is 59.5 Å². The smallest absolute Gasteiger partial charge is 0.475 e. The van der Waals surface area contributed by atoms with Gasteiger partial charge in [-0.3, -0.25) is 14.5 Å². The van der Waals surface area contributed by atoms with Crippen molar-refractivity contribution in [1.29, 1.82) is 0 Å². The number of halogens is 3. The van der Waals surface area contributed by atoms with Crippen molar-refractivity contribution in [3.8, 4) is 0 Å². The van der Waals surface area contributed by atoms with Crippen molar-refractivity contribution < 1.29 is 27.9 Å². The molecule has 0 saturated carbocycles. The normalized spacial score (nSPS) is 15.9. The van der Waals surface area contributed by atoms with Crippen molar-refractivity contribution in [2.75, 3.05) is 13.6 Å². The largest absolute Gasteiger partial charge is 0.490 e. The zero-order valence-electron chi connectivity index (χ0n) is 16.9. The van der Waals surface area contributed by atoms with Crippen LogP contribution in [0.3, 0.4) is 0 Å². The van der Waals surface area contributed by atoms with E-state index < -0.39 is 12.1 Å². The van der Waals surface area contributed by atoms with Crippen molar-refractivity contribution in [1.82, 2.24) is 15.2 Å². The molecule has 0 spiro atoms. The number of aromatic nitrogens is 1. The van der Waals surface area contributed by atoms with E-state index in [2.05, 4.69) is 27.3 Å². The molecule has 1 aliphatic heterocycles. The molecule has 3 aromatic rings. The van der Waals surface area contributed by atoms with Crippen LogP contribution in [0, 0.1) is 0 Å². The molecule has 2 aromatic carbocycles. The summed E-state index contributed by atoms with van der Waals surface area (Å²) in [7, 11) is 2.05. The van der Waals surface area contributed by atoms with Gasteiger partial charge in [-0.1, -0.05) is 42.5 Å². The third kappa shape index (κ3) is 5.14. The summed E-state index contributed by atoms with van der Waals surface area (Å²) < 4.78 is 31.7. The Labute approximate surface area is 180 Å². The van der Waals surface area contributed by atoms with Gasteiger partial charge < -0.3 is 15.4 Å². The second-order valence-electron chi connectivity index (χ2n) is 7.30. The predicted molar refractivity (Wildman–Crippen MR) is 111 cm³/mol. The lowest BCUT2D eigenvalue weighted by Gasteiger charge is -2.32. The van der Waals surface area contributed by atoms with Gasteiger partial charge in [0.05, 0.1) is 11.6 Å². The van der Waals surface area contributed by atoms with Crippen molar-refractivity contribution in [3.05, 3.63) is 81.8 Å². The Morgan fingerprint density at radius 3 is 2.34 bits per heavy atom. The van der Waals surface area contributed by atoms with E-state index in [1.54, 1.807) is 18.2 Å². The van der Waals surface area contributed by atoms with Crippen molar-refractivity contribution in [3.63, 3.8) is 0 Å². The predicted octanol–water partition coefficient (Wildman–Crippen LogP) is 3.08. The topological polar surface area (TPSA) is 103 Å². The maximum atomic E-state index is 12.9. The van der Waals surface area contributed by atoms with Gasteiger partial charge in [0.15, 0.2) is 0 Å². The van der Waals surface area contributed by atoms with Crippen LogP contribution >= 0.6 is 0 Å². The summed E-state index contributed by atoms with van der Waals surface area (Å²) in [5.74, 6) is -2.94. The van der Waals surface area contributed by atoms with E-state index in [4.69, 9.17) is 9.90 Å². The SMILES string of the molecule is CN1Cc2ccccc2C(NC(=O)c2c[nH]c(=O)c3ccccc23)C1.O=C(O)C(F)(F)F. The molecule has 1 aliphatic rings. The Kier molecular flexibility index (Phi) is 6.64. The van der Waals surface area contributed by atoms with Gasteiger partial charge in [-0.25, -0.2) is 4.79 Å². The van der Waals surface area contributed by atoms with Crippen LogP contribution in [-0.4, -0.2) is 46.6 Å². The van der Waals surface area contributed by atoms with Crippen LogP contribution in [0.2, 0.25) is 0 Å². The lowest BCUT2D eigenvalue weighted by molar-refractivity contribution is -0.192. The first-order chi connectivity index (χ1) is 15.1. The number of carbonyl (C=O) groups is 2. The highest BCUT2D eigenvalue weighted by molar-refractivity contribution is 6.06. The van der Waals surface area contributed by atoms with Crippen LogP contribution in [-0.2, 0) is 11.3 Å². The Balaban J connectivity index is 0.000000360. The summed E-state index contributed by atoms with van der Waals surface area (Å²) in [5.41, 5.74) is 2.69. The third-order valence-electron chi connectivity index (χ3n) is 4.97. The highest BCUT2D eigenvalue weighted by Gasteiger charge is 2.38. The van der Waals surface area contributed by atoms with Gasteiger partial charge in [0.25, 0.3) is 11.5 Å². The quantitative estimate of drug-likeness (QED) is 0.560. The molecule has 1 atom stereocenters. The van der Waals surface area contributed by atoms with Crippen molar-refractivity contribution in [2.45, 2.75) is 18.8 Å². The number of carboxylic acids is 1. The third-order valence-corrected chi connectivity index (χ3v) is 4.97. The minimum absolute atomic E-state index is 0.0758. The molecule has 1 unspecified atom stereocenters. The summed E-state index contributed by atoms with van der Waals surface area (Å²) in [4.78, 5) is 38.6. The highest BCUT2D eigenvalue weighted by Crippen LogP contribution is 2.26. The van der Waals surface area contributed by atoms with E-state index >= 15 is 0 Å². The molecule has 0 aliphatic carbocycles. The number of nitrogens with one attached hydrogen (secondary N) is 2. The van der Waals surface area contributed by atoms with Crippen molar-refractivity contribution in [2.24, 2.45) is 0 Å². The van der Waals surface area contributed by atoms with Gasteiger partial charge >= 0.3 is 12.1 Å². The van der Waals surface area contributed by atoms with Crippen LogP contribution < -0.4 is 10.9 Å². The number of aliphatic carboxylic acids is 1. The number of pyridine rings is 1. The fourth-order valence-electron chi connectivity index (χ4n) is 3.54. The monoisotopic (exact) mass is 447 g/mol. The summed E-state index contributed by atoms with van der Waals surface area (Å²) in [6.45, 7) is 1.63. The Bertz CT molecular complexity index is 1210. The lowest BCUT2D eigenvalue weighted by Crippen LogP contribution is -2.40. The van der Waals surface area contributed by atoms with Crippen LogP contribution in [0.5, 0.6) is 0 Å². The molecule has 0 bridgehead atoms. The molecule has 7 nitrogen and oxygen atoms in total. The van der Waals surface area contributed by atoms with Crippen molar-refractivity contribution >= 4 is 22.6 Å². The lowest BCUT2D eigenvalue weighted by atomic mass is 9.95. The molecule has 1 aromatic heterocycles. The number of carboxylic acid groups (broad SMARTS) is 1. The maximum absolute atomic E-state index is 12.9. The van der Waals surface area contributed by atoms with Gasteiger partial charge in [-0.2, -0.15) is 13.2 Å². The van der Waals surface area contributed by atoms with Gasteiger partial charge in [-0.15, -0.1) is 0 Å². The first-order valence-electron chi connectivity index (χ1n) is 9.55. The van der Waals surface area contributed by atoms with E-state index in [1.165, 1.54) is 11.8 Å². The number of likely N-dealkylation sites (N-methyl/N-ethyl adjacent to an activating group) is 1. The molecule has 3 N–H and O–H groups in total. The van der Waals surface area contributed by atoms with E-state index in [1.807, 2.05) is 25.2 Å². The Hall–Kier alpha value is -3.66. The van der Waals surface area contributed by atoms with Gasteiger partial charge in [0.1, 0.15) is 0 Å². The molecule has 2 heterocycles. The first-order valence-corrected chi connectivity index (χ1v) is 9.55. The number of carbonyl (C=O) groups excluding carboxylic acids is 1. The van der Waals surface area contributed by atoms with E-state index in [0.29, 0.717) is 16.3 Å². The second-order valence-corrected chi connectivity index (χ2v) is 7.30. The summed E-state index contributed by atoms with van der Waals surface area (Å²) in [6.07, 6.45) is -3.58. The number of hydrogen-bond donors (Lipinski definition) is 3. The highest BCUT2D eigenvalue weighted by atomic mass is 19.4. The van der Waals surface area contributed by atoms with Gasteiger partial charge in [-0.05, 0) is 24.2 Å². The number of hydrogen-bond acceptors (Lipinski definition) is 4. The second kappa shape index (κ2) is 9.23. The number of amides is 1. The Morgan fingerprint density at radius 1 is 1.09 bits per heavy atom. The van der Waals surface area contributed by atoms with Gasteiger partial charge in [0.2, 0.25) is 0 Å². The minimum atomic E-state index is -5.08. The molecule has 1 amide bonds. The standard InChI is InChI=1S/C20H19N3O2.C2HF3O2/c1-23-11-13-6-2-3-7-14(13)18(12-23)22-20(25)17-10-21-19(24)16-9-5-4-8-15(16)17;3-2(4,5)1(6)7/h2-10,18H,11-12H2,1H3,(H,21,24)(H,22,25);(H,6,7). The maximum Gasteiger partial charge on any atom is 0.490 e. The number of alkyl halides is 3. The minimum Gasteiger partial charge on any atom is -0.475 e. The molecule has 10 heteroatoms. The molecule has 0 radical (unpaired) electrons. The molecule has 0 saturated heterocycles. The fraction of sp³-hybridized carbons (Fsp3) is 0.227. The molecule has 32 heavy (non-hydrogen) atoms. The number of nitrogens with zero attached hydrogens (tertiary/aromatic N) is 1. The summed E-state index contributed by atoms with van der Waals surface area (Å²) >= 11 is 0. The van der Waals surface area contributed by atoms with E-state index in [-0.39, 0.29) is 17.5 Å². The number of fused-ring (bicyclic) bond motifs is 2. The summed E-state index contributed by atoms with van der Waals surface area (Å²) in [5, 5.41) is 11.4. The fourth-order valence-corrected chi connectivity index (χ4v) is 3.54. The average molecular weight is 447 g/mol. The van der Waals surface area contributed by atoms with E-state index in [9.17, 15) is 22.8 Å². The average Bonchev–Trinajstić information content (AvgIpc) is 2.74. The zero-order valence-corrected chi connectivity index (χ0v) is 16.9. The number of rotatable bonds is 2. The van der Waals surface area contributed by atoms with Crippen LogP contribution in [0.25, 0.3) is 10.8 Å². The van der Waals surface area contributed by atoms with E-state index in [0.717, 1.165) is 18.7 Å². The van der Waals surface area contributed by atoms with Crippen LogP contribution in [0.1, 0.15) is 27.5 Å². The zero-order chi connectivity index (χ0) is 23.5. The van der Waals surface area contributed by atoms with Gasteiger partial charge in [0, 0.05) is 30.1 Å². The molecular formula is C22H20F3N3O4. The molecular weight excluding hydrogens is 427 g/mol. The summed E-state index contributed by atoms with van der Waals surface area (Å²) in [6, 6.07) is 15.3. The number of aromatic amines is 1.